The van der Waals surface area contributed by atoms with Crippen LogP contribution in [-0.2, 0) is 21.4 Å². The quantitative estimate of drug-likeness (QED) is 0.415. The number of likely N-dealkylation sites (tertiary alicyclic amines) is 1. The van der Waals surface area contributed by atoms with Crippen molar-refractivity contribution in [1.82, 2.24) is 29.8 Å². The SMILES string of the molecule is C[C@H](Oc1cc(-c2ccn([C@H]3CCCOC3)n2)nc(-c2noc3c2CCC[C@@]32CCCCC2=O)n1)[C@@H]1CCCN1C. The highest BCUT2D eigenvalue weighted by Crippen LogP contribution is 2.47. The molecule has 0 bridgehead atoms. The number of likely N-dealkylation sites (N-methyl/N-ethyl adjacent to an activating group) is 1. The van der Waals surface area contributed by atoms with Crippen molar-refractivity contribution in [2.45, 2.75) is 101 Å². The summed E-state index contributed by atoms with van der Waals surface area (Å²) in [7, 11) is 2.15. The lowest BCUT2D eigenvalue weighted by Crippen LogP contribution is -2.41. The number of aromatic nitrogens is 5. The second-order valence-corrected chi connectivity index (χ2v) is 12.4. The van der Waals surface area contributed by atoms with E-state index in [2.05, 4.69) is 24.0 Å². The molecule has 218 valence electrons. The normalized spacial score (nSPS) is 27.7. The van der Waals surface area contributed by atoms with Gasteiger partial charge in [0.1, 0.15) is 17.6 Å². The van der Waals surface area contributed by atoms with Crippen LogP contribution in [0, 0.1) is 0 Å². The van der Waals surface area contributed by atoms with E-state index in [1.165, 1.54) is 6.42 Å². The molecule has 3 aromatic heterocycles. The number of fused-ring (bicyclic) bond motifs is 2. The second kappa shape index (κ2) is 10.9. The van der Waals surface area contributed by atoms with Gasteiger partial charge in [0.05, 0.1) is 23.8 Å². The summed E-state index contributed by atoms with van der Waals surface area (Å²) >= 11 is 0. The molecule has 1 spiro atoms. The molecule has 0 aromatic carbocycles. The third-order valence-corrected chi connectivity index (χ3v) is 9.77. The summed E-state index contributed by atoms with van der Waals surface area (Å²) in [6, 6.07) is 4.43. The first-order valence-electron chi connectivity index (χ1n) is 15.4. The third kappa shape index (κ3) is 4.88. The second-order valence-electron chi connectivity index (χ2n) is 12.4. The molecule has 41 heavy (non-hydrogen) atoms. The molecule has 4 aliphatic rings. The fourth-order valence-electron chi connectivity index (χ4n) is 7.50. The van der Waals surface area contributed by atoms with Gasteiger partial charge in [-0.05, 0) is 84.4 Å². The average molecular weight is 561 g/mol. The van der Waals surface area contributed by atoms with Crippen molar-refractivity contribution in [2.75, 3.05) is 26.8 Å². The number of ketones is 1. The van der Waals surface area contributed by atoms with Crippen LogP contribution in [0.2, 0.25) is 0 Å². The largest absolute Gasteiger partial charge is 0.473 e. The van der Waals surface area contributed by atoms with Crippen LogP contribution in [0.15, 0.2) is 22.9 Å². The van der Waals surface area contributed by atoms with Gasteiger partial charge in [0.15, 0.2) is 17.3 Å². The maximum Gasteiger partial charge on any atom is 0.217 e. The Hall–Kier alpha value is -3.11. The predicted molar refractivity (Wildman–Crippen MR) is 152 cm³/mol. The Morgan fingerprint density at radius 2 is 1.98 bits per heavy atom. The molecule has 2 aliphatic carbocycles. The van der Waals surface area contributed by atoms with Gasteiger partial charge in [0, 0.05) is 36.9 Å². The Kier molecular flexibility index (Phi) is 7.15. The van der Waals surface area contributed by atoms with Crippen LogP contribution in [0.3, 0.4) is 0 Å². The summed E-state index contributed by atoms with van der Waals surface area (Å²) in [5.74, 6) is 2.00. The number of ether oxygens (including phenoxy) is 2. The maximum atomic E-state index is 13.2. The topological polar surface area (TPSA) is 108 Å². The van der Waals surface area contributed by atoms with Gasteiger partial charge >= 0.3 is 0 Å². The molecule has 0 N–H and O–H groups in total. The highest BCUT2D eigenvalue weighted by Gasteiger charge is 2.48. The lowest BCUT2D eigenvalue weighted by Gasteiger charge is -2.36. The highest BCUT2D eigenvalue weighted by atomic mass is 16.5. The average Bonchev–Trinajstić information content (AvgIpc) is 3.75. The van der Waals surface area contributed by atoms with Crippen LogP contribution < -0.4 is 4.74 Å². The molecule has 3 aromatic rings. The van der Waals surface area contributed by atoms with Crippen molar-refractivity contribution in [3.8, 4) is 28.8 Å². The molecule has 0 amide bonds. The van der Waals surface area contributed by atoms with Gasteiger partial charge in [0.2, 0.25) is 5.88 Å². The lowest BCUT2D eigenvalue weighted by molar-refractivity contribution is -0.128. The summed E-state index contributed by atoms with van der Waals surface area (Å²) < 4.78 is 20.2. The molecule has 0 unspecified atom stereocenters. The Morgan fingerprint density at radius 3 is 2.78 bits per heavy atom. The first kappa shape index (κ1) is 26.8. The van der Waals surface area contributed by atoms with Gasteiger partial charge in [0.25, 0.3) is 0 Å². The standard InChI is InChI=1S/C31H40N6O4/c1-20(25-10-6-15-36(25)2)40-27-18-24(23-12-16-37(34-23)21-8-7-17-39-19-21)32-30(33-27)28-22-9-5-14-31(29(22)41-35-28)13-4-3-11-26(31)38/h12,16,18,20-21,25H,3-11,13-15,17,19H2,1-2H3/t20-,21-,25-,31+/m0/s1. The third-order valence-electron chi connectivity index (χ3n) is 9.77. The highest BCUT2D eigenvalue weighted by molar-refractivity contribution is 5.91. The minimum Gasteiger partial charge on any atom is -0.473 e. The zero-order valence-corrected chi connectivity index (χ0v) is 24.2. The molecule has 10 heteroatoms. The van der Waals surface area contributed by atoms with E-state index < -0.39 is 5.41 Å². The van der Waals surface area contributed by atoms with Gasteiger partial charge in [-0.1, -0.05) is 11.6 Å². The van der Waals surface area contributed by atoms with Crippen LogP contribution in [0.25, 0.3) is 22.9 Å². The summed E-state index contributed by atoms with van der Waals surface area (Å²) in [5.41, 5.74) is 2.49. The van der Waals surface area contributed by atoms with Crippen LogP contribution >= 0.6 is 0 Å². The van der Waals surface area contributed by atoms with Crippen molar-refractivity contribution in [2.24, 2.45) is 0 Å². The van der Waals surface area contributed by atoms with E-state index >= 15 is 0 Å². The Bertz CT molecular complexity index is 1410. The van der Waals surface area contributed by atoms with Crippen molar-refractivity contribution >= 4 is 5.78 Å². The molecular weight excluding hydrogens is 520 g/mol. The van der Waals surface area contributed by atoms with Crippen molar-refractivity contribution in [3.05, 3.63) is 29.7 Å². The molecule has 4 atom stereocenters. The number of nitrogens with zero attached hydrogens (tertiary/aromatic N) is 6. The van der Waals surface area contributed by atoms with Gasteiger partial charge in [-0.2, -0.15) is 10.1 Å². The number of carbonyl (C=O) groups is 1. The van der Waals surface area contributed by atoms with E-state index in [1.54, 1.807) is 0 Å². The van der Waals surface area contributed by atoms with E-state index in [1.807, 2.05) is 23.0 Å². The van der Waals surface area contributed by atoms with Crippen molar-refractivity contribution in [1.29, 1.82) is 0 Å². The fraction of sp³-hybridized carbons (Fsp3) is 0.645. The molecule has 2 saturated heterocycles. The van der Waals surface area contributed by atoms with Crippen molar-refractivity contribution < 1.29 is 18.8 Å². The number of rotatable bonds is 6. The molecule has 1 saturated carbocycles. The van der Waals surface area contributed by atoms with Crippen LogP contribution in [0.4, 0.5) is 0 Å². The minimum atomic E-state index is -0.545. The molecule has 2 aliphatic heterocycles. The maximum absolute atomic E-state index is 13.2. The summed E-state index contributed by atoms with van der Waals surface area (Å²) in [6.45, 7) is 4.67. The Morgan fingerprint density at radius 1 is 1.07 bits per heavy atom. The van der Waals surface area contributed by atoms with E-state index in [0.29, 0.717) is 42.2 Å². The number of hydrogen-bond donors (Lipinski definition) is 0. The van der Waals surface area contributed by atoms with Gasteiger partial charge < -0.3 is 14.0 Å². The lowest BCUT2D eigenvalue weighted by atomic mass is 9.64. The first-order chi connectivity index (χ1) is 20.0. The summed E-state index contributed by atoms with van der Waals surface area (Å²) in [4.78, 5) is 25.4. The monoisotopic (exact) mass is 560 g/mol. The fourth-order valence-corrected chi connectivity index (χ4v) is 7.50. The molecule has 5 heterocycles. The first-order valence-corrected chi connectivity index (χ1v) is 15.4. The Balaban J connectivity index is 1.27. The summed E-state index contributed by atoms with van der Waals surface area (Å²) in [6.07, 6.45) is 12.3. The van der Waals surface area contributed by atoms with Crippen molar-refractivity contribution in [3.63, 3.8) is 0 Å². The number of carbonyl (C=O) groups excluding carboxylic acids is 1. The number of hydrogen-bond acceptors (Lipinski definition) is 9. The van der Waals surface area contributed by atoms with Gasteiger partial charge in [-0.25, -0.2) is 4.98 Å². The van der Waals surface area contributed by atoms with Gasteiger partial charge in [-0.15, -0.1) is 0 Å². The summed E-state index contributed by atoms with van der Waals surface area (Å²) in [5, 5.41) is 9.41. The minimum absolute atomic E-state index is 0.0376. The van der Waals surface area contributed by atoms with Crippen LogP contribution in [0.1, 0.15) is 88.5 Å². The van der Waals surface area contributed by atoms with E-state index in [9.17, 15) is 4.79 Å². The number of Topliss-reactive ketones (excluding diaryl/α,β-unsaturated/α-hetero) is 1. The zero-order chi connectivity index (χ0) is 28.0. The van der Waals surface area contributed by atoms with Crippen LogP contribution in [-0.4, -0.2) is 74.5 Å². The molecule has 0 radical (unpaired) electrons. The predicted octanol–water partition coefficient (Wildman–Crippen LogP) is 4.93. The van der Waals surface area contributed by atoms with E-state index in [4.69, 9.17) is 29.1 Å². The molecule has 3 fully saturated rings. The Labute approximate surface area is 240 Å². The van der Waals surface area contributed by atoms with E-state index in [-0.39, 0.29) is 17.9 Å². The molecular formula is C31H40N6O4. The van der Waals surface area contributed by atoms with Crippen LogP contribution in [0.5, 0.6) is 5.88 Å². The smallest absolute Gasteiger partial charge is 0.217 e. The molecule has 10 nitrogen and oxygen atoms in total. The van der Waals surface area contributed by atoms with E-state index in [0.717, 1.165) is 88.0 Å². The van der Waals surface area contributed by atoms with Gasteiger partial charge in [-0.3, -0.25) is 14.4 Å². The molecule has 7 rings (SSSR count). The zero-order valence-electron chi connectivity index (χ0n) is 24.2.